The van der Waals surface area contributed by atoms with Crippen molar-refractivity contribution in [3.8, 4) is 0 Å². The number of benzene rings is 1. The van der Waals surface area contributed by atoms with E-state index in [4.69, 9.17) is 10.5 Å². The van der Waals surface area contributed by atoms with E-state index in [1.807, 2.05) is 0 Å². The summed E-state index contributed by atoms with van der Waals surface area (Å²) in [6, 6.07) is 3.13. The molecule has 6 heteroatoms. The van der Waals surface area contributed by atoms with Crippen molar-refractivity contribution in [3.63, 3.8) is 0 Å². The second-order valence-electron chi connectivity index (χ2n) is 5.50. The van der Waals surface area contributed by atoms with E-state index in [-0.39, 0.29) is 11.6 Å². The van der Waals surface area contributed by atoms with Gasteiger partial charge < -0.3 is 15.8 Å². The maximum absolute atomic E-state index is 13.4. The quantitative estimate of drug-likeness (QED) is 0.379. The van der Waals surface area contributed by atoms with Crippen molar-refractivity contribution < 1.29 is 13.5 Å². The molecular formula is C16H23F2N3O. The fourth-order valence-electron chi connectivity index (χ4n) is 2.56. The van der Waals surface area contributed by atoms with Crippen LogP contribution in [0.25, 0.3) is 0 Å². The van der Waals surface area contributed by atoms with Gasteiger partial charge in [0, 0.05) is 6.07 Å². The first kappa shape index (κ1) is 16.7. The molecule has 0 amide bonds. The normalized spacial score (nSPS) is 17.3. The van der Waals surface area contributed by atoms with Crippen LogP contribution in [0.4, 0.5) is 14.5 Å². The Morgan fingerprint density at radius 2 is 1.95 bits per heavy atom. The van der Waals surface area contributed by atoms with Gasteiger partial charge in [0.1, 0.15) is 11.6 Å². The minimum absolute atomic E-state index is 0.0223. The molecule has 1 saturated carbocycles. The topological polar surface area (TPSA) is 59.6 Å². The fourth-order valence-corrected chi connectivity index (χ4v) is 2.56. The molecule has 1 aliphatic rings. The van der Waals surface area contributed by atoms with Crippen molar-refractivity contribution in [1.82, 2.24) is 0 Å². The number of nitrogens with zero attached hydrogens (tertiary/aromatic N) is 1. The standard InChI is InChI=1S/C16H23F2N3O/c17-12-7-8-14(18)15(11-12)21-16(19)20-9-10-22-13-5-3-1-2-4-6-13/h7-8,11,13H,1-6,9-10H2,(H3,19,20,21). The van der Waals surface area contributed by atoms with Crippen LogP contribution in [0, 0.1) is 11.6 Å². The number of ether oxygens (including phenoxy) is 1. The summed E-state index contributed by atoms with van der Waals surface area (Å²) in [4.78, 5) is 4.07. The molecule has 4 nitrogen and oxygen atoms in total. The summed E-state index contributed by atoms with van der Waals surface area (Å²) in [6.07, 6.45) is 7.53. The molecule has 0 spiro atoms. The number of guanidine groups is 1. The summed E-state index contributed by atoms with van der Waals surface area (Å²) in [6.45, 7) is 0.880. The number of halogens is 2. The number of rotatable bonds is 5. The SMILES string of the molecule is NC(=NCCOC1CCCCCC1)Nc1cc(F)ccc1F. The highest BCUT2D eigenvalue weighted by atomic mass is 19.1. The molecule has 2 rings (SSSR count). The maximum atomic E-state index is 13.4. The maximum Gasteiger partial charge on any atom is 0.193 e. The molecule has 1 aliphatic carbocycles. The van der Waals surface area contributed by atoms with Crippen molar-refractivity contribution >= 4 is 11.6 Å². The van der Waals surface area contributed by atoms with Gasteiger partial charge in [-0.15, -0.1) is 0 Å². The Morgan fingerprint density at radius 3 is 2.68 bits per heavy atom. The lowest BCUT2D eigenvalue weighted by molar-refractivity contribution is 0.0487. The van der Waals surface area contributed by atoms with E-state index in [1.165, 1.54) is 25.7 Å². The number of aliphatic imine (C=N–C) groups is 1. The number of nitrogens with one attached hydrogen (secondary N) is 1. The van der Waals surface area contributed by atoms with Gasteiger partial charge in [-0.1, -0.05) is 25.7 Å². The predicted molar refractivity (Wildman–Crippen MR) is 83.9 cm³/mol. The number of hydrogen-bond donors (Lipinski definition) is 2. The Balaban J connectivity index is 1.74. The van der Waals surface area contributed by atoms with Crippen LogP contribution in [0.3, 0.4) is 0 Å². The molecule has 1 aromatic carbocycles. The summed E-state index contributed by atoms with van der Waals surface area (Å²) < 4.78 is 32.3. The summed E-state index contributed by atoms with van der Waals surface area (Å²) >= 11 is 0. The molecule has 0 radical (unpaired) electrons. The Morgan fingerprint density at radius 1 is 1.23 bits per heavy atom. The third kappa shape index (κ3) is 5.60. The molecule has 0 heterocycles. The molecule has 1 fully saturated rings. The molecule has 1 aromatic rings. The van der Waals surface area contributed by atoms with Crippen LogP contribution in [0.5, 0.6) is 0 Å². The molecular weight excluding hydrogens is 288 g/mol. The average Bonchev–Trinajstić information content (AvgIpc) is 2.76. The molecule has 0 bridgehead atoms. The second kappa shape index (κ2) is 8.68. The molecule has 122 valence electrons. The summed E-state index contributed by atoms with van der Waals surface area (Å²) in [5, 5.41) is 2.56. The first-order valence-corrected chi connectivity index (χ1v) is 7.79. The van der Waals surface area contributed by atoms with Crippen molar-refractivity contribution in [2.75, 3.05) is 18.5 Å². The van der Waals surface area contributed by atoms with Gasteiger partial charge in [0.05, 0.1) is 24.9 Å². The fraction of sp³-hybridized carbons (Fsp3) is 0.562. The highest BCUT2D eigenvalue weighted by molar-refractivity contribution is 5.92. The van der Waals surface area contributed by atoms with E-state index >= 15 is 0 Å². The van der Waals surface area contributed by atoms with Gasteiger partial charge in [0.15, 0.2) is 5.96 Å². The second-order valence-corrected chi connectivity index (χ2v) is 5.50. The number of hydrogen-bond acceptors (Lipinski definition) is 2. The molecule has 0 unspecified atom stereocenters. The summed E-state index contributed by atoms with van der Waals surface area (Å²) in [5.74, 6) is -1.06. The summed E-state index contributed by atoms with van der Waals surface area (Å²) in [7, 11) is 0. The van der Waals surface area contributed by atoms with Crippen LogP contribution in [0.1, 0.15) is 38.5 Å². The third-order valence-corrected chi connectivity index (χ3v) is 3.72. The lowest BCUT2D eigenvalue weighted by Gasteiger charge is -2.14. The van der Waals surface area contributed by atoms with Crippen molar-refractivity contribution in [1.29, 1.82) is 0 Å². The lowest BCUT2D eigenvalue weighted by atomic mass is 10.1. The summed E-state index contributed by atoms with van der Waals surface area (Å²) in [5.41, 5.74) is 5.64. The largest absolute Gasteiger partial charge is 0.376 e. The molecule has 0 saturated heterocycles. The Kier molecular flexibility index (Phi) is 6.58. The first-order chi connectivity index (χ1) is 10.6. The van der Waals surface area contributed by atoms with Crippen molar-refractivity contribution in [3.05, 3.63) is 29.8 Å². The van der Waals surface area contributed by atoms with Gasteiger partial charge in [-0.3, -0.25) is 4.99 Å². The van der Waals surface area contributed by atoms with Gasteiger partial charge in [-0.25, -0.2) is 8.78 Å². The Labute approximate surface area is 129 Å². The highest BCUT2D eigenvalue weighted by Crippen LogP contribution is 2.19. The van der Waals surface area contributed by atoms with Gasteiger partial charge >= 0.3 is 0 Å². The van der Waals surface area contributed by atoms with Gasteiger partial charge in [0.2, 0.25) is 0 Å². The van der Waals surface area contributed by atoms with E-state index in [0.717, 1.165) is 31.0 Å². The van der Waals surface area contributed by atoms with Crippen LogP contribution in [0.15, 0.2) is 23.2 Å². The lowest BCUT2D eigenvalue weighted by Crippen LogP contribution is -2.24. The van der Waals surface area contributed by atoms with Crippen LogP contribution in [-0.2, 0) is 4.74 Å². The number of anilines is 1. The average molecular weight is 311 g/mol. The first-order valence-electron chi connectivity index (χ1n) is 7.79. The van der Waals surface area contributed by atoms with E-state index in [1.54, 1.807) is 0 Å². The van der Waals surface area contributed by atoms with Crippen molar-refractivity contribution in [2.24, 2.45) is 10.7 Å². The van der Waals surface area contributed by atoms with Crippen LogP contribution < -0.4 is 11.1 Å². The Bertz CT molecular complexity index is 500. The van der Waals surface area contributed by atoms with Crippen LogP contribution in [0.2, 0.25) is 0 Å². The minimum Gasteiger partial charge on any atom is -0.376 e. The van der Waals surface area contributed by atoms with Crippen LogP contribution >= 0.6 is 0 Å². The minimum atomic E-state index is -0.575. The van der Waals surface area contributed by atoms with Gasteiger partial charge in [0.25, 0.3) is 0 Å². The monoisotopic (exact) mass is 311 g/mol. The molecule has 22 heavy (non-hydrogen) atoms. The molecule has 0 aromatic heterocycles. The Hall–Kier alpha value is -1.69. The smallest absolute Gasteiger partial charge is 0.193 e. The number of nitrogens with two attached hydrogens (primary N) is 1. The zero-order valence-electron chi connectivity index (χ0n) is 12.7. The zero-order chi connectivity index (χ0) is 15.8. The molecule has 3 N–H and O–H groups in total. The van der Waals surface area contributed by atoms with E-state index in [0.29, 0.717) is 19.3 Å². The third-order valence-electron chi connectivity index (χ3n) is 3.72. The van der Waals surface area contributed by atoms with Gasteiger partial charge in [-0.05, 0) is 25.0 Å². The van der Waals surface area contributed by atoms with E-state index < -0.39 is 11.6 Å². The van der Waals surface area contributed by atoms with Crippen LogP contribution in [-0.4, -0.2) is 25.2 Å². The predicted octanol–water partition coefficient (Wildman–Crippen LogP) is 3.43. The molecule has 0 aliphatic heterocycles. The van der Waals surface area contributed by atoms with Crippen molar-refractivity contribution in [2.45, 2.75) is 44.6 Å². The van der Waals surface area contributed by atoms with E-state index in [2.05, 4.69) is 10.3 Å². The molecule has 0 atom stereocenters. The van der Waals surface area contributed by atoms with E-state index in [9.17, 15) is 8.78 Å². The zero-order valence-corrected chi connectivity index (χ0v) is 12.7. The highest BCUT2D eigenvalue weighted by Gasteiger charge is 2.12. The van der Waals surface area contributed by atoms with Gasteiger partial charge in [-0.2, -0.15) is 0 Å².